The van der Waals surface area contributed by atoms with E-state index in [0.29, 0.717) is 24.1 Å². The maximum absolute atomic E-state index is 9.25. The average molecular weight is 378 g/mol. The van der Waals surface area contributed by atoms with Crippen LogP contribution in [0.2, 0.25) is 0 Å². The standard InChI is InChI=1S/C20H26N8/c1-26-11-15(10-23-26)24-20-22-7-6-19(25-20)27-12-17-4-5-18(13-27)28(17)16-3-2-14(8-16)9-21/h6-7,10-11,14,16-18H,2-5,8,12-13H2,1H3,(H,22,24,25)/t14?,16?,17-,18+. The largest absolute Gasteiger partial charge is 0.353 e. The maximum Gasteiger partial charge on any atom is 0.229 e. The molecule has 28 heavy (non-hydrogen) atoms. The van der Waals surface area contributed by atoms with Crippen LogP contribution in [-0.4, -0.2) is 55.9 Å². The summed E-state index contributed by atoms with van der Waals surface area (Å²) in [5, 5.41) is 16.7. The van der Waals surface area contributed by atoms with Crippen LogP contribution in [0.3, 0.4) is 0 Å². The molecule has 2 saturated heterocycles. The highest BCUT2D eigenvalue weighted by Crippen LogP contribution is 2.39. The molecule has 1 saturated carbocycles. The predicted molar refractivity (Wildman–Crippen MR) is 106 cm³/mol. The second-order valence-corrected chi connectivity index (χ2v) is 8.30. The molecule has 1 aliphatic carbocycles. The molecule has 3 fully saturated rings. The Kier molecular flexibility index (Phi) is 4.40. The molecule has 0 aromatic carbocycles. The van der Waals surface area contributed by atoms with E-state index in [9.17, 15) is 5.26 Å². The SMILES string of the molecule is Cn1cc(Nc2nccc(N3C[C@H]4CC[C@@H](C3)N4C3CCC(C#N)C3)n2)cn1. The monoisotopic (exact) mass is 378 g/mol. The zero-order valence-corrected chi connectivity index (χ0v) is 16.2. The average Bonchev–Trinajstić information content (AvgIpc) is 3.39. The van der Waals surface area contributed by atoms with Gasteiger partial charge in [-0.1, -0.05) is 0 Å². The van der Waals surface area contributed by atoms with Crippen LogP contribution >= 0.6 is 0 Å². The molecule has 1 N–H and O–H groups in total. The summed E-state index contributed by atoms with van der Waals surface area (Å²) in [5.41, 5.74) is 0.887. The molecule has 8 nitrogen and oxygen atoms in total. The van der Waals surface area contributed by atoms with E-state index in [2.05, 4.69) is 31.3 Å². The van der Waals surface area contributed by atoms with Crippen LogP contribution in [0.15, 0.2) is 24.7 Å². The van der Waals surface area contributed by atoms with Crippen LogP contribution in [0.5, 0.6) is 0 Å². The Morgan fingerprint density at radius 1 is 1.14 bits per heavy atom. The lowest BCUT2D eigenvalue weighted by Gasteiger charge is -2.44. The van der Waals surface area contributed by atoms with Crippen LogP contribution in [0.4, 0.5) is 17.5 Å². The predicted octanol–water partition coefficient (Wildman–Crippen LogP) is 2.30. The molecule has 2 aliphatic heterocycles. The quantitative estimate of drug-likeness (QED) is 0.873. The first-order valence-electron chi connectivity index (χ1n) is 10.2. The summed E-state index contributed by atoms with van der Waals surface area (Å²) in [6.07, 6.45) is 11.3. The van der Waals surface area contributed by atoms with Gasteiger partial charge in [0.05, 0.1) is 18.0 Å². The Labute approximate surface area is 165 Å². The number of nitrogens with zero attached hydrogens (tertiary/aromatic N) is 7. The summed E-state index contributed by atoms with van der Waals surface area (Å²) in [6, 6.07) is 6.23. The number of nitriles is 1. The van der Waals surface area contributed by atoms with Gasteiger partial charge in [0, 0.05) is 56.6 Å². The van der Waals surface area contributed by atoms with Crippen LogP contribution in [0.1, 0.15) is 32.1 Å². The Balaban J connectivity index is 1.29. The molecule has 4 atom stereocenters. The summed E-state index contributed by atoms with van der Waals surface area (Å²) in [6.45, 7) is 2.02. The van der Waals surface area contributed by atoms with Gasteiger partial charge in [0.2, 0.25) is 5.95 Å². The van der Waals surface area contributed by atoms with Gasteiger partial charge >= 0.3 is 0 Å². The first kappa shape index (κ1) is 17.4. The van der Waals surface area contributed by atoms with Crippen molar-refractivity contribution in [3.05, 3.63) is 24.7 Å². The second-order valence-electron chi connectivity index (χ2n) is 8.30. The summed E-state index contributed by atoms with van der Waals surface area (Å²) in [7, 11) is 1.89. The number of hydrogen-bond donors (Lipinski definition) is 1. The Bertz CT molecular complexity index is 872. The van der Waals surface area contributed by atoms with Crippen molar-refractivity contribution in [1.29, 1.82) is 5.26 Å². The highest BCUT2D eigenvalue weighted by Gasteiger charge is 2.45. The number of anilines is 3. The lowest BCUT2D eigenvalue weighted by atomic mass is 10.1. The minimum absolute atomic E-state index is 0.255. The molecular formula is C20H26N8. The van der Waals surface area contributed by atoms with E-state index >= 15 is 0 Å². The highest BCUT2D eigenvalue weighted by atomic mass is 15.4. The number of rotatable bonds is 4. The molecule has 4 heterocycles. The number of aromatic nitrogens is 4. The molecule has 8 heteroatoms. The van der Waals surface area contributed by atoms with Gasteiger partial charge in [0.25, 0.3) is 0 Å². The van der Waals surface area contributed by atoms with Gasteiger partial charge in [0.1, 0.15) is 5.82 Å². The third-order valence-corrected chi connectivity index (χ3v) is 6.47. The summed E-state index contributed by atoms with van der Waals surface area (Å²) < 4.78 is 1.75. The second kappa shape index (κ2) is 7.06. The van der Waals surface area contributed by atoms with Gasteiger partial charge in [-0.3, -0.25) is 9.58 Å². The van der Waals surface area contributed by atoms with Gasteiger partial charge in [-0.25, -0.2) is 4.98 Å². The van der Waals surface area contributed by atoms with Gasteiger partial charge in [-0.15, -0.1) is 0 Å². The lowest BCUT2D eigenvalue weighted by molar-refractivity contribution is 0.111. The smallest absolute Gasteiger partial charge is 0.229 e. The fraction of sp³-hybridized carbons (Fsp3) is 0.600. The number of nitrogens with one attached hydrogen (secondary N) is 1. The van der Waals surface area contributed by atoms with Crippen LogP contribution in [0, 0.1) is 17.2 Å². The van der Waals surface area contributed by atoms with Crippen molar-refractivity contribution in [3.8, 4) is 6.07 Å². The minimum Gasteiger partial charge on any atom is -0.353 e. The molecule has 0 amide bonds. The van der Waals surface area contributed by atoms with Crippen molar-refractivity contribution in [2.24, 2.45) is 13.0 Å². The molecule has 146 valence electrons. The van der Waals surface area contributed by atoms with Crippen molar-refractivity contribution in [3.63, 3.8) is 0 Å². The molecule has 0 radical (unpaired) electrons. The first-order chi connectivity index (χ1) is 13.7. The summed E-state index contributed by atoms with van der Waals surface area (Å²) in [4.78, 5) is 14.3. The summed E-state index contributed by atoms with van der Waals surface area (Å²) >= 11 is 0. The minimum atomic E-state index is 0.255. The fourth-order valence-electron chi connectivity index (χ4n) is 5.26. The Morgan fingerprint density at radius 2 is 1.93 bits per heavy atom. The molecular weight excluding hydrogens is 352 g/mol. The number of aryl methyl sites for hydroxylation is 1. The molecule has 2 aromatic heterocycles. The molecule has 5 rings (SSSR count). The van der Waals surface area contributed by atoms with Gasteiger partial charge in [-0.05, 0) is 38.2 Å². The summed E-state index contributed by atoms with van der Waals surface area (Å²) in [5.74, 6) is 1.84. The van der Waals surface area contributed by atoms with E-state index in [0.717, 1.165) is 37.4 Å². The molecule has 0 spiro atoms. The van der Waals surface area contributed by atoms with E-state index in [-0.39, 0.29) is 5.92 Å². The van der Waals surface area contributed by atoms with E-state index in [1.807, 2.05) is 25.5 Å². The first-order valence-corrected chi connectivity index (χ1v) is 10.2. The molecule has 2 bridgehead atoms. The topological polar surface area (TPSA) is 85.9 Å². The number of fused-ring (bicyclic) bond motifs is 2. The van der Waals surface area contributed by atoms with E-state index < -0.39 is 0 Å². The van der Waals surface area contributed by atoms with Crippen molar-refractivity contribution in [2.75, 3.05) is 23.3 Å². The van der Waals surface area contributed by atoms with E-state index in [1.54, 1.807) is 10.9 Å². The highest BCUT2D eigenvalue weighted by molar-refractivity contribution is 5.53. The van der Waals surface area contributed by atoms with Crippen molar-refractivity contribution in [1.82, 2.24) is 24.6 Å². The third-order valence-electron chi connectivity index (χ3n) is 6.47. The zero-order chi connectivity index (χ0) is 19.1. The normalized spacial score (nSPS) is 29.8. The van der Waals surface area contributed by atoms with Crippen molar-refractivity contribution >= 4 is 17.5 Å². The Hall–Kier alpha value is -2.66. The van der Waals surface area contributed by atoms with Crippen LogP contribution in [0.25, 0.3) is 0 Å². The third kappa shape index (κ3) is 3.20. The maximum atomic E-state index is 9.25. The van der Waals surface area contributed by atoms with Crippen LogP contribution < -0.4 is 10.2 Å². The van der Waals surface area contributed by atoms with E-state index in [1.165, 1.54) is 19.3 Å². The number of piperazine rings is 1. The van der Waals surface area contributed by atoms with Crippen molar-refractivity contribution in [2.45, 2.75) is 50.2 Å². The van der Waals surface area contributed by atoms with Gasteiger partial charge in [0.15, 0.2) is 0 Å². The zero-order valence-electron chi connectivity index (χ0n) is 16.2. The molecule has 2 aromatic rings. The van der Waals surface area contributed by atoms with Gasteiger partial charge in [-0.2, -0.15) is 15.3 Å². The lowest BCUT2D eigenvalue weighted by Crippen LogP contribution is -2.57. The molecule has 2 unspecified atom stereocenters. The van der Waals surface area contributed by atoms with Crippen LogP contribution in [-0.2, 0) is 7.05 Å². The number of hydrogen-bond acceptors (Lipinski definition) is 7. The van der Waals surface area contributed by atoms with Crippen molar-refractivity contribution < 1.29 is 0 Å². The molecule has 3 aliphatic rings. The fourth-order valence-corrected chi connectivity index (χ4v) is 5.26. The van der Waals surface area contributed by atoms with Gasteiger partial charge < -0.3 is 10.2 Å². The van der Waals surface area contributed by atoms with E-state index in [4.69, 9.17) is 4.98 Å². The Morgan fingerprint density at radius 3 is 2.61 bits per heavy atom.